The Hall–Kier alpha value is -4.47. The lowest BCUT2D eigenvalue weighted by atomic mass is 10.1. The zero-order chi connectivity index (χ0) is 27.9. The molecule has 3 aromatic rings. The van der Waals surface area contributed by atoms with Crippen LogP contribution in [-0.4, -0.2) is 66.4 Å². The molecule has 10 heteroatoms. The third-order valence-electron chi connectivity index (χ3n) is 6.50. The van der Waals surface area contributed by atoms with Crippen LogP contribution in [0.4, 0.5) is 30.6 Å². The first-order valence-corrected chi connectivity index (χ1v) is 12.7. The summed E-state index contributed by atoms with van der Waals surface area (Å²) in [5.74, 6) is -2.05. The summed E-state index contributed by atoms with van der Waals surface area (Å²) < 4.78 is 27.9. The van der Waals surface area contributed by atoms with Crippen LogP contribution in [0, 0.1) is 11.6 Å². The van der Waals surface area contributed by atoms with Crippen LogP contribution >= 0.6 is 0 Å². The standard InChI is InChI=1S/C29H31F2N5O3/c1-20(2)36(28(38)23-7-3-4-8-24(23)30)19-27(37)32-21-11-13-22(14-12-21)34-15-17-35(18-16-34)29(39)33-26-10-6-5-9-25(26)31/h3-14,20H,15-19H2,1-2H3,(H,32,37)(H,33,39). The molecule has 2 N–H and O–H groups in total. The fraction of sp³-hybridized carbons (Fsp3) is 0.276. The predicted octanol–water partition coefficient (Wildman–Crippen LogP) is 4.81. The lowest BCUT2D eigenvalue weighted by Gasteiger charge is -2.36. The molecule has 0 atom stereocenters. The van der Waals surface area contributed by atoms with Gasteiger partial charge in [-0.2, -0.15) is 0 Å². The average Bonchev–Trinajstić information content (AvgIpc) is 2.93. The molecule has 0 spiro atoms. The van der Waals surface area contributed by atoms with Crippen LogP contribution in [0.2, 0.25) is 0 Å². The number of benzene rings is 3. The lowest BCUT2D eigenvalue weighted by molar-refractivity contribution is -0.117. The minimum atomic E-state index is -0.629. The number of carbonyl (C=O) groups excluding carboxylic acids is 3. The molecule has 4 amide bonds. The topological polar surface area (TPSA) is 85.0 Å². The molecule has 8 nitrogen and oxygen atoms in total. The third-order valence-corrected chi connectivity index (χ3v) is 6.50. The van der Waals surface area contributed by atoms with Gasteiger partial charge in [0.2, 0.25) is 5.91 Å². The maximum Gasteiger partial charge on any atom is 0.322 e. The molecule has 0 saturated carbocycles. The second kappa shape index (κ2) is 12.4. The number of anilines is 3. The smallest absolute Gasteiger partial charge is 0.322 e. The van der Waals surface area contributed by atoms with E-state index in [4.69, 9.17) is 0 Å². The van der Waals surface area contributed by atoms with E-state index >= 15 is 0 Å². The molecule has 0 radical (unpaired) electrons. The maximum atomic E-state index is 14.1. The monoisotopic (exact) mass is 535 g/mol. The van der Waals surface area contributed by atoms with Crippen LogP contribution in [0.25, 0.3) is 0 Å². The van der Waals surface area contributed by atoms with Gasteiger partial charge >= 0.3 is 6.03 Å². The molecule has 1 heterocycles. The molecular formula is C29H31F2N5O3. The molecule has 1 aliphatic rings. The molecule has 1 saturated heterocycles. The highest BCUT2D eigenvalue weighted by atomic mass is 19.1. The number of rotatable bonds is 7. The first-order chi connectivity index (χ1) is 18.7. The van der Waals surface area contributed by atoms with Crippen molar-refractivity contribution in [1.29, 1.82) is 0 Å². The second-order valence-corrected chi connectivity index (χ2v) is 9.49. The molecule has 0 unspecified atom stereocenters. The Kier molecular flexibility index (Phi) is 8.75. The van der Waals surface area contributed by atoms with E-state index in [1.54, 1.807) is 49.1 Å². The van der Waals surface area contributed by atoms with Gasteiger partial charge in [0, 0.05) is 43.6 Å². The Morgan fingerprint density at radius 2 is 1.44 bits per heavy atom. The number of nitrogens with one attached hydrogen (secondary N) is 2. The van der Waals surface area contributed by atoms with E-state index < -0.39 is 23.4 Å². The molecule has 4 rings (SSSR count). The normalized spacial score (nSPS) is 13.3. The Morgan fingerprint density at radius 3 is 2.05 bits per heavy atom. The van der Waals surface area contributed by atoms with Crippen LogP contribution in [-0.2, 0) is 4.79 Å². The first-order valence-electron chi connectivity index (χ1n) is 12.7. The second-order valence-electron chi connectivity index (χ2n) is 9.49. The van der Waals surface area contributed by atoms with Crippen molar-refractivity contribution in [3.05, 3.63) is 90.0 Å². The zero-order valence-corrected chi connectivity index (χ0v) is 21.9. The number of amides is 4. The van der Waals surface area contributed by atoms with Crippen molar-refractivity contribution in [2.24, 2.45) is 0 Å². The van der Waals surface area contributed by atoms with Gasteiger partial charge in [-0.3, -0.25) is 9.59 Å². The highest BCUT2D eigenvalue weighted by Crippen LogP contribution is 2.21. The minimum Gasteiger partial charge on any atom is -0.368 e. The summed E-state index contributed by atoms with van der Waals surface area (Å²) in [6, 6.07) is 18.4. The number of halogens is 2. The molecular weight excluding hydrogens is 504 g/mol. The van der Waals surface area contributed by atoms with Crippen molar-refractivity contribution in [3.8, 4) is 0 Å². The van der Waals surface area contributed by atoms with Crippen LogP contribution in [0.5, 0.6) is 0 Å². The Morgan fingerprint density at radius 1 is 0.821 bits per heavy atom. The Labute approximate surface area is 226 Å². The highest BCUT2D eigenvalue weighted by molar-refractivity contribution is 5.99. The highest BCUT2D eigenvalue weighted by Gasteiger charge is 2.24. The van der Waals surface area contributed by atoms with Gasteiger partial charge in [0.25, 0.3) is 5.91 Å². The maximum absolute atomic E-state index is 14.1. The van der Waals surface area contributed by atoms with Crippen LogP contribution in [0.3, 0.4) is 0 Å². The van der Waals surface area contributed by atoms with E-state index in [0.717, 1.165) is 5.69 Å². The van der Waals surface area contributed by atoms with Crippen molar-refractivity contribution in [3.63, 3.8) is 0 Å². The van der Waals surface area contributed by atoms with Gasteiger partial charge in [0.1, 0.15) is 18.2 Å². The van der Waals surface area contributed by atoms with E-state index in [9.17, 15) is 23.2 Å². The fourth-order valence-electron chi connectivity index (χ4n) is 4.31. The molecule has 0 aliphatic carbocycles. The van der Waals surface area contributed by atoms with Gasteiger partial charge in [-0.25, -0.2) is 13.6 Å². The van der Waals surface area contributed by atoms with Crippen molar-refractivity contribution in [2.75, 3.05) is 48.3 Å². The molecule has 1 aliphatic heterocycles. The SMILES string of the molecule is CC(C)N(CC(=O)Nc1ccc(N2CCN(C(=O)Nc3ccccc3F)CC2)cc1)C(=O)c1ccccc1F. The summed E-state index contributed by atoms with van der Waals surface area (Å²) in [4.78, 5) is 43.1. The molecule has 3 aromatic carbocycles. The van der Waals surface area contributed by atoms with Crippen LogP contribution < -0.4 is 15.5 Å². The number of hydrogen-bond donors (Lipinski definition) is 2. The van der Waals surface area contributed by atoms with Crippen LogP contribution in [0.15, 0.2) is 72.8 Å². The first kappa shape index (κ1) is 27.6. The zero-order valence-electron chi connectivity index (χ0n) is 21.9. The van der Waals surface area contributed by atoms with Gasteiger partial charge in [0.15, 0.2) is 0 Å². The number of hydrogen-bond acceptors (Lipinski definition) is 4. The Bertz CT molecular complexity index is 1320. The van der Waals surface area contributed by atoms with Crippen molar-refractivity contribution in [2.45, 2.75) is 19.9 Å². The molecule has 0 bridgehead atoms. The van der Waals surface area contributed by atoms with Gasteiger partial charge in [-0.15, -0.1) is 0 Å². The summed E-state index contributed by atoms with van der Waals surface area (Å²) in [6.07, 6.45) is 0. The van der Waals surface area contributed by atoms with Gasteiger partial charge in [-0.1, -0.05) is 24.3 Å². The number of para-hydroxylation sites is 1. The van der Waals surface area contributed by atoms with E-state index in [0.29, 0.717) is 31.9 Å². The van der Waals surface area contributed by atoms with E-state index in [1.165, 1.54) is 35.2 Å². The number of carbonyl (C=O) groups is 3. The van der Waals surface area contributed by atoms with E-state index in [-0.39, 0.29) is 29.9 Å². The van der Waals surface area contributed by atoms with E-state index in [1.807, 2.05) is 12.1 Å². The summed E-state index contributed by atoms with van der Waals surface area (Å²) in [6.45, 7) is 5.45. The van der Waals surface area contributed by atoms with E-state index in [2.05, 4.69) is 15.5 Å². The van der Waals surface area contributed by atoms with Crippen molar-refractivity contribution < 1.29 is 23.2 Å². The largest absolute Gasteiger partial charge is 0.368 e. The quantitative estimate of drug-likeness (QED) is 0.455. The molecule has 204 valence electrons. The van der Waals surface area contributed by atoms with Gasteiger partial charge in [0.05, 0.1) is 11.3 Å². The summed E-state index contributed by atoms with van der Waals surface area (Å²) in [5.41, 5.74) is 1.57. The van der Waals surface area contributed by atoms with Gasteiger partial charge < -0.3 is 25.3 Å². The lowest BCUT2D eigenvalue weighted by Crippen LogP contribution is -2.50. The average molecular weight is 536 g/mol. The summed E-state index contributed by atoms with van der Waals surface area (Å²) >= 11 is 0. The van der Waals surface area contributed by atoms with Gasteiger partial charge in [-0.05, 0) is 62.4 Å². The number of nitrogens with zero attached hydrogens (tertiary/aromatic N) is 3. The minimum absolute atomic E-state index is 0.0758. The number of urea groups is 1. The Balaban J connectivity index is 1.29. The predicted molar refractivity (Wildman–Crippen MR) is 147 cm³/mol. The molecule has 0 aromatic heterocycles. The summed E-state index contributed by atoms with van der Waals surface area (Å²) in [7, 11) is 0. The number of piperazine rings is 1. The molecule has 1 fully saturated rings. The van der Waals surface area contributed by atoms with Crippen molar-refractivity contribution >= 4 is 34.9 Å². The third kappa shape index (κ3) is 6.90. The van der Waals surface area contributed by atoms with Crippen LogP contribution in [0.1, 0.15) is 24.2 Å². The molecule has 39 heavy (non-hydrogen) atoms. The van der Waals surface area contributed by atoms with Crippen molar-refractivity contribution in [1.82, 2.24) is 9.80 Å². The fourth-order valence-corrected chi connectivity index (χ4v) is 4.31. The summed E-state index contributed by atoms with van der Waals surface area (Å²) in [5, 5.41) is 5.40.